The lowest BCUT2D eigenvalue weighted by molar-refractivity contribution is -0.175. The van der Waals surface area contributed by atoms with E-state index in [9.17, 15) is 18.0 Å². The van der Waals surface area contributed by atoms with E-state index >= 15 is 0 Å². The minimum absolute atomic E-state index is 0.0433. The molecule has 1 amide bonds. The van der Waals surface area contributed by atoms with Crippen molar-refractivity contribution in [2.75, 3.05) is 19.1 Å². The Morgan fingerprint density at radius 2 is 2.00 bits per heavy atom. The van der Waals surface area contributed by atoms with Crippen LogP contribution in [-0.4, -0.2) is 37.2 Å². The van der Waals surface area contributed by atoms with Crippen LogP contribution in [0.5, 0.6) is 0 Å². The van der Waals surface area contributed by atoms with Crippen molar-refractivity contribution in [1.29, 1.82) is 0 Å². The number of alkyl halides is 4. The summed E-state index contributed by atoms with van der Waals surface area (Å²) >= 11 is 5.79. The van der Waals surface area contributed by atoms with Crippen LogP contribution in [0.4, 0.5) is 13.2 Å². The Hall–Kier alpha value is -0.490. The number of rotatable bonds is 5. The van der Waals surface area contributed by atoms with E-state index in [1.165, 1.54) is 0 Å². The lowest BCUT2D eigenvalue weighted by atomic mass is 9.86. The fraction of sp³-hybridized carbons (Fsp3) is 0.909. The zero-order valence-corrected chi connectivity index (χ0v) is 10.7. The molecule has 2 unspecified atom stereocenters. The zero-order chi connectivity index (χ0) is 13.6. The quantitative estimate of drug-likeness (QED) is 0.789. The van der Waals surface area contributed by atoms with Gasteiger partial charge in [-0.15, -0.1) is 11.6 Å². The fourth-order valence-electron chi connectivity index (χ4n) is 2.09. The molecule has 106 valence electrons. The van der Waals surface area contributed by atoms with Gasteiger partial charge in [0.25, 0.3) is 0 Å². The van der Waals surface area contributed by atoms with Crippen LogP contribution in [0, 0.1) is 5.92 Å². The first kappa shape index (κ1) is 15.6. The van der Waals surface area contributed by atoms with E-state index in [0.717, 1.165) is 25.7 Å². The molecule has 0 radical (unpaired) electrons. The molecule has 2 atom stereocenters. The van der Waals surface area contributed by atoms with Gasteiger partial charge in [0.2, 0.25) is 5.91 Å². The van der Waals surface area contributed by atoms with Crippen molar-refractivity contribution in [3.8, 4) is 0 Å². The van der Waals surface area contributed by atoms with Crippen LogP contribution in [0.25, 0.3) is 0 Å². The van der Waals surface area contributed by atoms with Gasteiger partial charge in [-0.05, 0) is 18.8 Å². The van der Waals surface area contributed by atoms with Gasteiger partial charge in [0.1, 0.15) is 13.2 Å². The van der Waals surface area contributed by atoms with Gasteiger partial charge in [-0.1, -0.05) is 12.8 Å². The maximum absolute atomic E-state index is 11.8. The van der Waals surface area contributed by atoms with Gasteiger partial charge >= 0.3 is 6.18 Å². The van der Waals surface area contributed by atoms with Gasteiger partial charge < -0.3 is 10.1 Å². The molecule has 0 saturated heterocycles. The van der Waals surface area contributed by atoms with Gasteiger partial charge in [0, 0.05) is 11.9 Å². The van der Waals surface area contributed by atoms with Crippen molar-refractivity contribution >= 4 is 17.5 Å². The molecule has 0 aromatic rings. The highest BCUT2D eigenvalue weighted by Crippen LogP contribution is 2.25. The minimum atomic E-state index is -4.40. The summed E-state index contributed by atoms with van der Waals surface area (Å²) in [5.74, 6) is 0.141. The molecule has 1 rings (SSSR count). The molecule has 0 heterocycles. The largest absolute Gasteiger partial charge is 0.411 e. The lowest BCUT2D eigenvalue weighted by Gasteiger charge is -2.30. The SMILES string of the molecule is O=C(COCC(F)(F)F)NC1CCCCC1CCl. The van der Waals surface area contributed by atoms with Gasteiger partial charge in [-0.2, -0.15) is 13.2 Å². The highest BCUT2D eigenvalue weighted by atomic mass is 35.5. The van der Waals surface area contributed by atoms with E-state index in [1.54, 1.807) is 0 Å². The number of halogens is 4. The topological polar surface area (TPSA) is 38.3 Å². The molecule has 7 heteroatoms. The summed E-state index contributed by atoms with van der Waals surface area (Å²) in [7, 11) is 0. The second kappa shape index (κ2) is 7.19. The van der Waals surface area contributed by atoms with E-state index in [-0.39, 0.29) is 12.0 Å². The number of hydrogen-bond acceptors (Lipinski definition) is 2. The number of ether oxygens (including phenoxy) is 1. The minimum Gasteiger partial charge on any atom is -0.362 e. The molecule has 1 fully saturated rings. The number of amides is 1. The molecule has 3 nitrogen and oxygen atoms in total. The Morgan fingerprint density at radius 1 is 1.33 bits per heavy atom. The third-order valence-electron chi connectivity index (χ3n) is 2.95. The fourth-order valence-corrected chi connectivity index (χ4v) is 2.46. The first-order valence-corrected chi connectivity index (χ1v) is 6.45. The van der Waals surface area contributed by atoms with Crippen LogP contribution in [0.3, 0.4) is 0 Å². The molecule has 1 aliphatic rings. The van der Waals surface area contributed by atoms with Gasteiger partial charge in [0.05, 0.1) is 0 Å². The monoisotopic (exact) mass is 287 g/mol. The van der Waals surface area contributed by atoms with Crippen LogP contribution in [0.1, 0.15) is 25.7 Å². The number of carbonyl (C=O) groups excluding carboxylic acids is 1. The lowest BCUT2D eigenvalue weighted by Crippen LogP contribution is -2.44. The number of carbonyl (C=O) groups is 1. The molecule has 0 aliphatic heterocycles. The summed E-state index contributed by atoms with van der Waals surface area (Å²) in [6, 6.07) is -0.0433. The van der Waals surface area contributed by atoms with Gasteiger partial charge in [-0.3, -0.25) is 4.79 Å². The van der Waals surface area contributed by atoms with E-state index in [0.29, 0.717) is 5.88 Å². The Balaban J connectivity index is 2.26. The van der Waals surface area contributed by atoms with E-state index in [1.807, 2.05) is 0 Å². The third kappa shape index (κ3) is 5.91. The van der Waals surface area contributed by atoms with Gasteiger partial charge in [0.15, 0.2) is 0 Å². The maximum Gasteiger partial charge on any atom is 0.411 e. The van der Waals surface area contributed by atoms with Crippen LogP contribution in [0.15, 0.2) is 0 Å². The second-order valence-electron chi connectivity index (χ2n) is 4.48. The molecule has 0 bridgehead atoms. The zero-order valence-electron chi connectivity index (χ0n) is 9.93. The van der Waals surface area contributed by atoms with Crippen LogP contribution in [-0.2, 0) is 9.53 Å². The van der Waals surface area contributed by atoms with E-state index in [4.69, 9.17) is 11.6 Å². The summed E-state index contributed by atoms with van der Waals surface area (Å²) in [5, 5.41) is 2.69. The third-order valence-corrected chi connectivity index (χ3v) is 3.35. The van der Waals surface area contributed by atoms with Gasteiger partial charge in [-0.25, -0.2) is 0 Å². The number of nitrogens with one attached hydrogen (secondary N) is 1. The summed E-state index contributed by atoms with van der Waals surface area (Å²) in [6.07, 6.45) is -0.555. The summed E-state index contributed by atoms with van der Waals surface area (Å²) < 4.78 is 39.7. The van der Waals surface area contributed by atoms with E-state index < -0.39 is 25.3 Å². The van der Waals surface area contributed by atoms with Crippen LogP contribution < -0.4 is 5.32 Å². The van der Waals surface area contributed by atoms with Crippen LogP contribution >= 0.6 is 11.6 Å². The summed E-state index contributed by atoms with van der Waals surface area (Å²) in [6.45, 7) is -1.96. The molecular formula is C11H17ClF3NO2. The standard InChI is InChI=1S/C11H17ClF3NO2/c12-5-8-3-1-2-4-9(8)16-10(17)6-18-7-11(13,14)15/h8-9H,1-7H2,(H,16,17). The summed E-state index contributed by atoms with van der Waals surface area (Å²) in [4.78, 5) is 11.4. The first-order valence-electron chi connectivity index (χ1n) is 5.92. The van der Waals surface area contributed by atoms with Crippen molar-refractivity contribution < 1.29 is 22.7 Å². The van der Waals surface area contributed by atoms with Crippen LogP contribution in [0.2, 0.25) is 0 Å². The molecular weight excluding hydrogens is 271 g/mol. The molecule has 0 aromatic heterocycles. The predicted molar refractivity (Wildman–Crippen MR) is 61.5 cm³/mol. The normalized spacial score (nSPS) is 24.9. The maximum atomic E-state index is 11.8. The molecule has 1 aliphatic carbocycles. The first-order chi connectivity index (χ1) is 8.42. The van der Waals surface area contributed by atoms with Crippen molar-refractivity contribution in [2.45, 2.75) is 37.9 Å². The van der Waals surface area contributed by atoms with Crippen molar-refractivity contribution in [3.63, 3.8) is 0 Å². The Bertz CT molecular complexity index is 274. The van der Waals surface area contributed by atoms with Crippen molar-refractivity contribution in [2.24, 2.45) is 5.92 Å². The molecule has 1 N–H and O–H groups in total. The average Bonchev–Trinajstić information content (AvgIpc) is 2.28. The molecule has 0 spiro atoms. The molecule has 0 aromatic carbocycles. The highest BCUT2D eigenvalue weighted by molar-refractivity contribution is 6.18. The Labute approximate surface area is 109 Å². The van der Waals surface area contributed by atoms with Crippen molar-refractivity contribution in [1.82, 2.24) is 5.32 Å². The average molecular weight is 288 g/mol. The number of hydrogen-bond donors (Lipinski definition) is 1. The summed E-state index contributed by atoms with van der Waals surface area (Å²) in [5.41, 5.74) is 0. The molecule has 1 saturated carbocycles. The second-order valence-corrected chi connectivity index (χ2v) is 4.79. The smallest absolute Gasteiger partial charge is 0.362 e. The highest BCUT2D eigenvalue weighted by Gasteiger charge is 2.29. The van der Waals surface area contributed by atoms with E-state index in [2.05, 4.69) is 10.1 Å². The van der Waals surface area contributed by atoms with Crippen molar-refractivity contribution in [3.05, 3.63) is 0 Å². The predicted octanol–water partition coefficient (Wildman–Crippen LogP) is 2.48. The Kier molecular flexibility index (Phi) is 6.21. The Morgan fingerprint density at radius 3 is 2.61 bits per heavy atom. The molecule has 18 heavy (non-hydrogen) atoms.